The van der Waals surface area contributed by atoms with Gasteiger partial charge in [-0.3, -0.25) is 19.8 Å². The van der Waals surface area contributed by atoms with Gasteiger partial charge in [0.2, 0.25) is 12.2 Å². The number of hydrogen-bond donors (Lipinski definition) is 4. The summed E-state index contributed by atoms with van der Waals surface area (Å²) in [6.45, 7) is 5.54. The lowest BCUT2D eigenvalue weighted by Crippen LogP contribution is -2.53. The van der Waals surface area contributed by atoms with Crippen molar-refractivity contribution >= 4 is 29.9 Å². The second-order valence-corrected chi connectivity index (χ2v) is 9.32. The lowest BCUT2D eigenvalue weighted by molar-refractivity contribution is -0.147. The first kappa shape index (κ1) is 27.9. The van der Waals surface area contributed by atoms with Crippen LogP contribution in [0.4, 0.5) is 0 Å². The molecule has 11 nitrogen and oxygen atoms in total. The van der Waals surface area contributed by atoms with Gasteiger partial charge in [0.05, 0.1) is 11.7 Å². The van der Waals surface area contributed by atoms with E-state index in [0.717, 1.165) is 0 Å². The van der Waals surface area contributed by atoms with Gasteiger partial charge in [-0.2, -0.15) is 0 Å². The molecule has 1 radical (unpaired) electrons. The number of nitrogens with zero attached hydrogens (tertiary/aromatic N) is 1. The Kier molecular flexibility index (Phi) is 9.90. The minimum Gasteiger partial charge on any atom is -0.480 e. The molecule has 1 unspecified atom stereocenters. The monoisotopic (exact) mass is 489 g/mol. The number of benzene rings is 1. The largest absolute Gasteiger partial charge is 0.480 e. The maximum absolute atomic E-state index is 13.3. The molecule has 191 valence electrons. The van der Waals surface area contributed by atoms with Crippen LogP contribution < -0.4 is 11.1 Å². The number of nitrogens with two attached hydrogens (primary N) is 1. The zero-order valence-electron chi connectivity index (χ0n) is 20.2. The molecule has 1 heterocycles. The number of carbonyl (C=O) groups excluding carboxylic acids is 3. The molecule has 11 heteroatoms. The third-order valence-corrected chi connectivity index (χ3v) is 5.33. The summed E-state index contributed by atoms with van der Waals surface area (Å²) in [7, 11) is 0. The highest BCUT2D eigenvalue weighted by Gasteiger charge is 2.33. The number of carbonyl (C=O) groups is 3. The van der Waals surface area contributed by atoms with Gasteiger partial charge in [0, 0.05) is 30.6 Å². The molecule has 2 rings (SSSR count). The summed E-state index contributed by atoms with van der Waals surface area (Å²) in [6.07, 6.45) is 1.29. The van der Waals surface area contributed by atoms with Gasteiger partial charge in [-0.05, 0) is 45.7 Å². The number of hydrogen-bond acceptors (Lipinski definition) is 7. The number of rotatable bonds is 11. The van der Waals surface area contributed by atoms with Gasteiger partial charge in [-0.25, -0.2) is 4.79 Å². The van der Waals surface area contributed by atoms with Gasteiger partial charge in [0.15, 0.2) is 0 Å². The van der Waals surface area contributed by atoms with Crippen molar-refractivity contribution in [1.29, 1.82) is 5.41 Å². The fraction of sp³-hybridized carbons (Fsp3) is 0.542. The highest BCUT2D eigenvalue weighted by atomic mass is 16.5. The number of aliphatic carboxylic acids is 1. The first-order valence-electron chi connectivity index (χ1n) is 11.3. The molecule has 0 bridgehead atoms. The summed E-state index contributed by atoms with van der Waals surface area (Å²) in [5.41, 5.74) is 5.50. The van der Waals surface area contributed by atoms with Gasteiger partial charge in [-0.15, -0.1) is 0 Å². The molecule has 1 aromatic carbocycles. The minimum absolute atomic E-state index is 0.105. The molecule has 2 atom stereocenters. The zero-order chi connectivity index (χ0) is 26.2. The third-order valence-electron chi connectivity index (χ3n) is 5.33. The Morgan fingerprint density at radius 3 is 2.26 bits per heavy atom. The summed E-state index contributed by atoms with van der Waals surface area (Å²) in [4.78, 5) is 50.1. The lowest BCUT2D eigenvalue weighted by atomic mass is 10.0. The number of nitrogens with one attached hydrogen (secondary N) is 2. The summed E-state index contributed by atoms with van der Waals surface area (Å²) in [6, 6.07) is 4.99. The van der Waals surface area contributed by atoms with Gasteiger partial charge in [0.25, 0.3) is 5.91 Å². The smallest absolute Gasteiger partial charge is 0.329 e. The predicted molar refractivity (Wildman–Crippen MR) is 127 cm³/mol. The van der Waals surface area contributed by atoms with Crippen LogP contribution in [0, 0.1) is 5.41 Å². The number of amides is 2. The number of carboxylic acids is 1. The molecular formula is C24H33N4O7. The van der Waals surface area contributed by atoms with E-state index < -0.39 is 36.2 Å². The molecule has 0 saturated carbocycles. The molecule has 0 aliphatic carbocycles. The molecular weight excluding hydrogens is 456 g/mol. The summed E-state index contributed by atoms with van der Waals surface area (Å²) in [5.74, 6) is -2.10. The fourth-order valence-corrected chi connectivity index (χ4v) is 3.68. The van der Waals surface area contributed by atoms with E-state index in [-0.39, 0.29) is 29.8 Å². The summed E-state index contributed by atoms with van der Waals surface area (Å²) >= 11 is 0. The van der Waals surface area contributed by atoms with Crippen molar-refractivity contribution in [2.24, 2.45) is 5.73 Å². The molecule has 5 N–H and O–H groups in total. The van der Waals surface area contributed by atoms with E-state index in [9.17, 15) is 19.2 Å². The van der Waals surface area contributed by atoms with Crippen LogP contribution in [0.25, 0.3) is 0 Å². The highest BCUT2D eigenvalue weighted by Crippen LogP contribution is 2.18. The maximum atomic E-state index is 13.3. The van der Waals surface area contributed by atoms with Crippen LogP contribution in [0.2, 0.25) is 0 Å². The van der Waals surface area contributed by atoms with Gasteiger partial charge >= 0.3 is 5.97 Å². The standard InChI is InChI=1S/C24H33N4O7/c1-24(2,3)35-18(13-29)12-19(27-22(32)16-6-4-15(5-7-16)21(25)26)23(33)28-10-8-17(9-11-28)34-14-20(30)31/h4-7,17-19H,8-12,14H2,1-3H3,(H3,25,26)(H,27,32)(H,30,31)/t18?,19-/m0/s1. The molecule has 1 aliphatic rings. The topological polar surface area (TPSA) is 172 Å². The lowest BCUT2D eigenvalue weighted by Gasteiger charge is -2.35. The van der Waals surface area contributed by atoms with Gasteiger partial charge in [0.1, 0.15) is 24.6 Å². The SMILES string of the molecule is CC(C)(C)OC([C]=O)C[C@H](NC(=O)c1ccc(C(=N)N)cc1)C(=O)N1CCC(OCC(=O)O)CC1. The van der Waals surface area contributed by atoms with Crippen LogP contribution >= 0.6 is 0 Å². The van der Waals surface area contributed by atoms with E-state index >= 15 is 0 Å². The van der Waals surface area contributed by atoms with Crippen LogP contribution in [0.3, 0.4) is 0 Å². The third kappa shape index (κ3) is 9.10. The van der Waals surface area contributed by atoms with Crippen LogP contribution in [0.1, 0.15) is 56.0 Å². The Labute approximate surface area is 204 Å². The van der Waals surface area contributed by atoms with E-state index in [1.165, 1.54) is 24.3 Å². The average Bonchev–Trinajstić information content (AvgIpc) is 2.80. The number of likely N-dealkylation sites (tertiary alicyclic amines) is 1. The van der Waals surface area contributed by atoms with Crippen LogP contribution in [0.5, 0.6) is 0 Å². The maximum Gasteiger partial charge on any atom is 0.329 e. The van der Waals surface area contributed by atoms with Crippen LogP contribution in [-0.2, 0) is 23.9 Å². The van der Waals surface area contributed by atoms with Crippen LogP contribution in [-0.4, -0.2) is 83.5 Å². The molecule has 1 fully saturated rings. The van der Waals surface area contributed by atoms with Crippen molar-refractivity contribution in [1.82, 2.24) is 10.2 Å². The number of carboxylic acid groups (broad SMARTS) is 1. The molecule has 1 aliphatic heterocycles. The molecule has 0 spiro atoms. The van der Waals surface area contributed by atoms with Crippen LogP contribution in [0.15, 0.2) is 24.3 Å². The number of piperidine rings is 1. The van der Waals surface area contributed by atoms with Crippen molar-refractivity contribution < 1.29 is 33.8 Å². The van der Waals surface area contributed by atoms with Gasteiger partial charge < -0.3 is 30.5 Å². The van der Waals surface area contributed by atoms with Crippen molar-refractivity contribution in [2.45, 2.75) is 63.9 Å². The van der Waals surface area contributed by atoms with E-state index in [4.69, 9.17) is 25.7 Å². The Balaban J connectivity index is 2.14. The van der Waals surface area contributed by atoms with Crippen molar-refractivity contribution in [2.75, 3.05) is 19.7 Å². The number of nitrogen functional groups attached to an aromatic ring is 1. The predicted octanol–water partition coefficient (Wildman–Crippen LogP) is 0.845. The van der Waals surface area contributed by atoms with Crippen molar-refractivity contribution in [3.05, 3.63) is 35.4 Å². The Morgan fingerprint density at radius 2 is 1.77 bits per heavy atom. The Bertz CT molecular complexity index is 919. The second-order valence-electron chi connectivity index (χ2n) is 9.32. The quantitative estimate of drug-likeness (QED) is 0.261. The molecule has 35 heavy (non-hydrogen) atoms. The summed E-state index contributed by atoms with van der Waals surface area (Å²) < 4.78 is 11.0. The number of amidine groups is 1. The normalized spacial score (nSPS) is 16.3. The van der Waals surface area contributed by atoms with Crippen molar-refractivity contribution in [3.8, 4) is 0 Å². The first-order chi connectivity index (χ1) is 16.4. The van der Waals surface area contributed by atoms with E-state index in [1.54, 1.807) is 32.0 Å². The molecule has 1 saturated heterocycles. The number of ether oxygens (including phenoxy) is 2. The van der Waals surface area contributed by atoms with Crippen molar-refractivity contribution in [3.63, 3.8) is 0 Å². The fourth-order valence-electron chi connectivity index (χ4n) is 3.68. The van der Waals surface area contributed by atoms with E-state index in [2.05, 4.69) is 5.32 Å². The second kappa shape index (κ2) is 12.4. The van der Waals surface area contributed by atoms with E-state index in [0.29, 0.717) is 31.5 Å². The zero-order valence-corrected chi connectivity index (χ0v) is 20.2. The summed E-state index contributed by atoms with van der Waals surface area (Å²) in [5, 5.41) is 18.9. The Hall–Kier alpha value is -3.31. The minimum atomic E-state index is -1.06. The molecule has 2 amide bonds. The Morgan fingerprint density at radius 1 is 1.20 bits per heavy atom. The van der Waals surface area contributed by atoms with E-state index in [1.807, 2.05) is 0 Å². The molecule has 1 aromatic rings. The first-order valence-corrected chi connectivity index (χ1v) is 11.3. The molecule has 0 aromatic heterocycles. The average molecular weight is 490 g/mol. The highest BCUT2D eigenvalue weighted by molar-refractivity contribution is 5.99. The van der Waals surface area contributed by atoms with Gasteiger partial charge in [-0.1, -0.05) is 12.1 Å².